The van der Waals surface area contributed by atoms with Crippen LogP contribution >= 0.6 is 0 Å². The van der Waals surface area contributed by atoms with Gasteiger partial charge in [0.25, 0.3) is 0 Å². The molecule has 2 nitrogen and oxygen atoms in total. The van der Waals surface area contributed by atoms with Crippen molar-refractivity contribution in [1.29, 1.82) is 0 Å². The molecule has 0 aliphatic carbocycles. The SMILES string of the molecule is CC1Cc2ccccc2N(CC2CNCC2C)C1. The number of nitrogens with one attached hydrogen (secondary N) is 1. The number of nitrogens with zero attached hydrogens (tertiary/aromatic N) is 1. The summed E-state index contributed by atoms with van der Waals surface area (Å²) < 4.78 is 0. The van der Waals surface area contributed by atoms with Crippen molar-refractivity contribution in [1.82, 2.24) is 5.32 Å². The van der Waals surface area contributed by atoms with Crippen molar-refractivity contribution in [3.8, 4) is 0 Å². The van der Waals surface area contributed by atoms with Crippen LogP contribution in [0.1, 0.15) is 19.4 Å². The molecule has 1 aromatic rings. The van der Waals surface area contributed by atoms with Gasteiger partial charge in [-0.1, -0.05) is 32.0 Å². The van der Waals surface area contributed by atoms with Gasteiger partial charge in [-0.3, -0.25) is 0 Å². The standard InChI is InChI=1S/C16H24N2/c1-12-7-14-5-3-4-6-16(14)18(10-12)11-15-9-17-8-13(15)2/h3-6,12-13,15,17H,7-11H2,1-2H3. The lowest BCUT2D eigenvalue weighted by atomic mass is 9.91. The van der Waals surface area contributed by atoms with E-state index >= 15 is 0 Å². The molecule has 0 amide bonds. The number of para-hydroxylation sites is 1. The second-order valence-electron chi connectivity index (χ2n) is 6.24. The van der Waals surface area contributed by atoms with Gasteiger partial charge in [0.05, 0.1) is 0 Å². The van der Waals surface area contributed by atoms with Crippen molar-refractivity contribution in [2.45, 2.75) is 20.3 Å². The molecule has 0 radical (unpaired) electrons. The van der Waals surface area contributed by atoms with Crippen LogP contribution in [0.15, 0.2) is 24.3 Å². The van der Waals surface area contributed by atoms with E-state index in [-0.39, 0.29) is 0 Å². The van der Waals surface area contributed by atoms with Crippen LogP contribution in [-0.4, -0.2) is 26.2 Å². The molecule has 2 aliphatic heterocycles. The summed E-state index contributed by atoms with van der Waals surface area (Å²) in [5.41, 5.74) is 3.02. The lowest BCUT2D eigenvalue weighted by Crippen LogP contribution is -2.39. The molecule has 0 bridgehead atoms. The minimum Gasteiger partial charge on any atom is -0.371 e. The van der Waals surface area contributed by atoms with E-state index in [2.05, 4.69) is 48.3 Å². The molecule has 98 valence electrons. The number of hydrogen-bond donors (Lipinski definition) is 1. The Kier molecular flexibility index (Phi) is 3.29. The van der Waals surface area contributed by atoms with Crippen molar-refractivity contribution in [3.63, 3.8) is 0 Å². The topological polar surface area (TPSA) is 15.3 Å². The summed E-state index contributed by atoms with van der Waals surface area (Å²) >= 11 is 0. The van der Waals surface area contributed by atoms with Gasteiger partial charge in [0.15, 0.2) is 0 Å². The van der Waals surface area contributed by atoms with Gasteiger partial charge in [-0.25, -0.2) is 0 Å². The average Bonchev–Trinajstić information content (AvgIpc) is 2.75. The van der Waals surface area contributed by atoms with Crippen LogP contribution in [0.2, 0.25) is 0 Å². The summed E-state index contributed by atoms with van der Waals surface area (Å²) in [6.45, 7) is 9.57. The first-order valence-corrected chi connectivity index (χ1v) is 7.27. The van der Waals surface area contributed by atoms with Crippen LogP contribution in [0.25, 0.3) is 0 Å². The largest absolute Gasteiger partial charge is 0.371 e. The molecule has 0 spiro atoms. The molecule has 0 saturated carbocycles. The summed E-state index contributed by atoms with van der Waals surface area (Å²) in [6.07, 6.45) is 1.24. The van der Waals surface area contributed by atoms with Crippen LogP contribution < -0.4 is 10.2 Å². The highest BCUT2D eigenvalue weighted by Crippen LogP contribution is 2.31. The fourth-order valence-electron chi connectivity index (χ4n) is 3.47. The van der Waals surface area contributed by atoms with Gasteiger partial charge >= 0.3 is 0 Å². The number of anilines is 1. The molecule has 1 N–H and O–H groups in total. The molecule has 18 heavy (non-hydrogen) atoms. The maximum absolute atomic E-state index is 3.52. The van der Waals surface area contributed by atoms with Crippen molar-refractivity contribution in [2.75, 3.05) is 31.1 Å². The highest BCUT2D eigenvalue weighted by Gasteiger charge is 2.28. The van der Waals surface area contributed by atoms with E-state index in [4.69, 9.17) is 0 Å². The molecule has 2 heteroatoms. The zero-order chi connectivity index (χ0) is 12.5. The number of rotatable bonds is 2. The first-order chi connectivity index (χ1) is 8.74. The molecule has 2 aliphatic rings. The third-order valence-corrected chi connectivity index (χ3v) is 4.57. The van der Waals surface area contributed by atoms with Crippen molar-refractivity contribution >= 4 is 5.69 Å². The number of hydrogen-bond acceptors (Lipinski definition) is 2. The molecule has 0 aromatic heterocycles. The molecule has 3 unspecified atom stereocenters. The van der Waals surface area contributed by atoms with Crippen molar-refractivity contribution in [3.05, 3.63) is 29.8 Å². The first kappa shape index (κ1) is 12.0. The van der Waals surface area contributed by atoms with E-state index in [0.717, 1.165) is 17.8 Å². The Balaban J connectivity index is 1.79. The number of fused-ring (bicyclic) bond motifs is 1. The van der Waals surface area contributed by atoms with Crippen LogP contribution in [-0.2, 0) is 6.42 Å². The Hall–Kier alpha value is -1.02. The van der Waals surface area contributed by atoms with E-state index < -0.39 is 0 Å². The molecular formula is C16H24N2. The molecule has 3 atom stereocenters. The Labute approximate surface area is 110 Å². The Morgan fingerprint density at radius 3 is 2.83 bits per heavy atom. The minimum atomic E-state index is 0.782. The molecule has 2 heterocycles. The average molecular weight is 244 g/mol. The first-order valence-electron chi connectivity index (χ1n) is 7.27. The van der Waals surface area contributed by atoms with Crippen LogP contribution in [0.5, 0.6) is 0 Å². The lowest BCUT2D eigenvalue weighted by molar-refractivity contribution is 0.423. The predicted octanol–water partition coefficient (Wildman–Crippen LogP) is 2.54. The summed E-state index contributed by atoms with van der Waals surface area (Å²) in [5.74, 6) is 2.40. The molecular weight excluding hydrogens is 220 g/mol. The van der Waals surface area contributed by atoms with Gasteiger partial charge in [0.1, 0.15) is 0 Å². The van der Waals surface area contributed by atoms with E-state index in [1.54, 1.807) is 0 Å². The summed E-state index contributed by atoms with van der Waals surface area (Å²) in [5, 5.41) is 3.52. The van der Waals surface area contributed by atoms with Crippen LogP contribution in [0.4, 0.5) is 5.69 Å². The summed E-state index contributed by atoms with van der Waals surface area (Å²) in [6, 6.07) is 8.95. The highest BCUT2D eigenvalue weighted by atomic mass is 15.1. The van der Waals surface area contributed by atoms with Gasteiger partial charge in [0, 0.05) is 18.8 Å². The predicted molar refractivity (Wildman–Crippen MR) is 77.0 cm³/mol. The molecule has 3 rings (SSSR count). The summed E-state index contributed by atoms with van der Waals surface area (Å²) in [4.78, 5) is 2.62. The summed E-state index contributed by atoms with van der Waals surface area (Å²) in [7, 11) is 0. The molecule has 1 aromatic carbocycles. The molecule has 1 fully saturated rings. The number of benzene rings is 1. The van der Waals surface area contributed by atoms with Crippen molar-refractivity contribution < 1.29 is 0 Å². The van der Waals surface area contributed by atoms with E-state index in [9.17, 15) is 0 Å². The minimum absolute atomic E-state index is 0.782. The highest BCUT2D eigenvalue weighted by molar-refractivity contribution is 5.55. The maximum atomic E-state index is 3.52. The fraction of sp³-hybridized carbons (Fsp3) is 0.625. The quantitative estimate of drug-likeness (QED) is 0.860. The van der Waals surface area contributed by atoms with Gasteiger partial charge in [-0.05, 0) is 48.9 Å². The lowest BCUT2D eigenvalue weighted by Gasteiger charge is -2.37. The van der Waals surface area contributed by atoms with E-state index in [1.807, 2.05) is 0 Å². The smallest absolute Gasteiger partial charge is 0.0399 e. The Bertz CT molecular complexity index is 415. The zero-order valence-electron chi connectivity index (χ0n) is 11.5. The van der Waals surface area contributed by atoms with Gasteiger partial charge < -0.3 is 10.2 Å². The van der Waals surface area contributed by atoms with Gasteiger partial charge in [-0.2, -0.15) is 0 Å². The van der Waals surface area contributed by atoms with Crippen LogP contribution in [0, 0.1) is 17.8 Å². The second-order valence-corrected chi connectivity index (χ2v) is 6.24. The second kappa shape index (κ2) is 4.93. The van der Waals surface area contributed by atoms with E-state index in [0.29, 0.717) is 0 Å². The third kappa shape index (κ3) is 2.26. The Morgan fingerprint density at radius 1 is 1.22 bits per heavy atom. The van der Waals surface area contributed by atoms with Gasteiger partial charge in [0.2, 0.25) is 0 Å². The zero-order valence-corrected chi connectivity index (χ0v) is 11.5. The van der Waals surface area contributed by atoms with Gasteiger partial charge in [-0.15, -0.1) is 0 Å². The fourth-order valence-corrected chi connectivity index (χ4v) is 3.47. The molecule has 1 saturated heterocycles. The Morgan fingerprint density at radius 2 is 2.06 bits per heavy atom. The monoisotopic (exact) mass is 244 g/mol. The van der Waals surface area contributed by atoms with E-state index in [1.165, 1.54) is 43.9 Å². The van der Waals surface area contributed by atoms with Crippen LogP contribution in [0.3, 0.4) is 0 Å². The maximum Gasteiger partial charge on any atom is 0.0399 e. The van der Waals surface area contributed by atoms with Crippen molar-refractivity contribution in [2.24, 2.45) is 17.8 Å². The normalized spacial score (nSPS) is 31.4. The third-order valence-electron chi connectivity index (χ3n) is 4.57.